The number of benzene rings is 1. The number of carbonyl (C=O) groups is 1. The van der Waals surface area contributed by atoms with Crippen LogP contribution >= 0.6 is 0 Å². The molecular formula is C21H25N5O. The molecule has 0 spiro atoms. The summed E-state index contributed by atoms with van der Waals surface area (Å²) in [5, 5.41) is 7.25. The van der Waals surface area contributed by atoms with Crippen LogP contribution in [0.4, 0.5) is 5.95 Å². The number of likely N-dealkylation sites (tertiary alicyclic amines) is 1. The van der Waals surface area contributed by atoms with Gasteiger partial charge in [0.15, 0.2) is 5.65 Å². The highest BCUT2D eigenvalue weighted by Gasteiger charge is 2.22. The summed E-state index contributed by atoms with van der Waals surface area (Å²) in [6.07, 6.45) is 0. The normalized spacial score (nSPS) is 15.3. The molecule has 140 valence electrons. The first-order chi connectivity index (χ1) is 13.0. The minimum atomic E-state index is -0.113. The van der Waals surface area contributed by atoms with Crippen LogP contribution in [0, 0.1) is 11.8 Å². The van der Waals surface area contributed by atoms with Crippen molar-refractivity contribution in [1.82, 2.24) is 19.5 Å². The van der Waals surface area contributed by atoms with Gasteiger partial charge in [-0.3, -0.25) is 15.0 Å². The van der Waals surface area contributed by atoms with Crippen LogP contribution < -0.4 is 5.32 Å². The molecule has 0 atom stereocenters. The summed E-state index contributed by atoms with van der Waals surface area (Å²) in [5.41, 5.74) is 4.06. The smallest absolute Gasteiger partial charge is 0.249 e. The van der Waals surface area contributed by atoms with Crippen LogP contribution in [-0.4, -0.2) is 38.5 Å². The fourth-order valence-electron chi connectivity index (χ4n) is 3.43. The first-order valence-corrected chi connectivity index (χ1v) is 9.48. The Bertz CT molecular complexity index is 954. The Kier molecular flexibility index (Phi) is 4.66. The molecule has 0 radical (unpaired) electrons. The van der Waals surface area contributed by atoms with E-state index in [1.165, 1.54) is 18.7 Å². The second-order valence-corrected chi connectivity index (χ2v) is 7.76. The third-order valence-electron chi connectivity index (χ3n) is 4.91. The van der Waals surface area contributed by atoms with E-state index in [0.29, 0.717) is 11.6 Å². The van der Waals surface area contributed by atoms with Crippen molar-refractivity contribution in [1.29, 1.82) is 0 Å². The molecule has 4 rings (SSSR count). The van der Waals surface area contributed by atoms with E-state index in [-0.39, 0.29) is 11.8 Å². The van der Waals surface area contributed by atoms with E-state index in [0.717, 1.165) is 23.7 Å². The maximum Gasteiger partial charge on any atom is 0.249 e. The Labute approximate surface area is 159 Å². The zero-order chi connectivity index (χ0) is 19.0. The average molecular weight is 363 g/mol. The van der Waals surface area contributed by atoms with E-state index in [2.05, 4.69) is 51.5 Å². The summed E-state index contributed by atoms with van der Waals surface area (Å²) < 4.78 is 1.78. The molecule has 1 N–H and O–H groups in total. The summed E-state index contributed by atoms with van der Waals surface area (Å²) in [4.78, 5) is 18.8. The topological polar surface area (TPSA) is 62.5 Å². The molecule has 1 amide bonds. The van der Waals surface area contributed by atoms with Crippen LogP contribution in [0.2, 0.25) is 0 Å². The lowest BCUT2D eigenvalue weighted by molar-refractivity contribution is -0.118. The van der Waals surface area contributed by atoms with Crippen LogP contribution in [0.1, 0.15) is 26.3 Å². The van der Waals surface area contributed by atoms with Crippen molar-refractivity contribution in [2.75, 3.05) is 18.4 Å². The minimum absolute atomic E-state index is 0.0860. The lowest BCUT2D eigenvalue weighted by Crippen LogP contribution is -2.44. The van der Waals surface area contributed by atoms with Gasteiger partial charge in [0, 0.05) is 31.1 Å². The molecule has 0 aliphatic carbocycles. The highest BCUT2D eigenvalue weighted by Crippen LogP contribution is 2.23. The highest BCUT2D eigenvalue weighted by molar-refractivity contribution is 5.90. The first-order valence-electron chi connectivity index (χ1n) is 9.48. The molecule has 1 aromatic carbocycles. The van der Waals surface area contributed by atoms with Gasteiger partial charge in [0.1, 0.15) is 0 Å². The van der Waals surface area contributed by atoms with E-state index in [4.69, 9.17) is 0 Å². The number of aromatic nitrogens is 3. The number of hydrogen-bond donors (Lipinski definition) is 1. The van der Waals surface area contributed by atoms with Gasteiger partial charge in [0.05, 0.1) is 5.69 Å². The van der Waals surface area contributed by atoms with Gasteiger partial charge >= 0.3 is 0 Å². The molecule has 1 aliphatic rings. The van der Waals surface area contributed by atoms with Crippen molar-refractivity contribution < 1.29 is 4.79 Å². The quantitative estimate of drug-likeness (QED) is 0.754. The van der Waals surface area contributed by atoms with Crippen molar-refractivity contribution in [3.63, 3.8) is 0 Å². The number of pyridine rings is 1. The van der Waals surface area contributed by atoms with Crippen molar-refractivity contribution in [3.05, 3.63) is 48.0 Å². The maximum absolute atomic E-state index is 11.9. The lowest BCUT2D eigenvalue weighted by Gasteiger charge is -2.37. The molecule has 6 heteroatoms. The van der Waals surface area contributed by atoms with Gasteiger partial charge in [-0.1, -0.05) is 51.1 Å². The number of amides is 1. The Balaban J connectivity index is 1.57. The fourth-order valence-corrected chi connectivity index (χ4v) is 3.43. The molecule has 3 aromatic rings. The van der Waals surface area contributed by atoms with Crippen molar-refractivity contribution >= 4 is 17.5 Å². The molecule has 0 saturated carbocycles. The fraction of sp³-hybridized carbons (Fsp3) is 0.381. The molecule has 27 heavy (non-hydrogen) atoms. The average Bonchev–Trinajstić information content (AvgIpc) is 3.03. The van der Waals surface area contributed by atoms with Crippen LogP contribution in [0.25, 0.3) is 16.9 Å². The van der Waals surface area contributed by atoms with Crippen molar-refractivity contribution in [2.24, 2.45) is 11.8 Å². The van der Waals surface area contributed by atoms with Crippen LogP contribution in [0.15, 0.2) is 42.5 Å². The summed E-state index contributed by atoms with van der Waals surface area (Å²) in [5.74, 6) is 0.958. The van der Waals surface area contributed by atoms with Gasteiger partial charge in [-0.05, 0) is 23.6 Å². The molecule has 2 aromatic heterocycles. The van der Waals surface area contributed by atoms with E-state index < -0.39 is 0 Å². The van der Waals surface area contributed by atoms with Gasteiger partial charge < -0.3 is 0 Å². The summed E-state index contributed by atoms with van der Waals surface area (Å²) >= 11 is 0. The molecule has 3 heterocycles. The largest absolute Gasteiger partial charge is 0.298 e. The number of hydrogen-bond acceptors (Lipinski definition) is 4. The van der Waals surface area contributed by atoms with E-state index in [1.54, 1.807) is 4.52 Å². The standard InChI is InChI=1S/C21H25N5O/c1-14(2)20(27)23-21-22-19-6-4-5-18(26(19)24-21)17-9-7-16(8-10-17)13-25-11-15(3)12-25/h4-10,14-15H,11-13H2,1-3H3,(H,23,24,27). The molecule has 1 saturated heterocycles. The van der Waals surface area contributed by atoms with Gasteiger partial charge in [-0.25, -0.2) is 4.52 Å². The summed E-state index contributed by atoms with van der Waals surface area (Å²) in [6.45, 7) is 9.35. The SMILES string of the molecule is CC1CN(Cc2ccc(-c3cccc4nc(NC(=O)C(C)C)nn34)cc2)C1. The van der Waals surface area contributed by atoms with Gasteiger partial charge in [-0.2, -0.15) is 4.98 Å². The van der Waals surface area contributed by atoms with Gasteiger partial charge in [0.25, 0.3) is 0 Å². The van der Waals surface area contributed by atoms with Crippen LogP contribution in [0.5, 0.6) is 0 Å². The monoisotopic (exact) mass is 363 g/mol. The Hall–Kier alpha value is -2.73. The molecule has 0 bridgehead atoms. The third kappa shape index (κ3) is 3.71. The van der Waals surface area contributed by atoms with E-state index in [9.17, 15) is 4.79 Å². The maximum atomic E-state index is 11.9. The van der Waals surface area contributed by atoms with Gasteiger partial charge in [-0.15, -0.1) is 5.10 Å². The minimum Gasteiger partial charge on any atom is -0.298 e. The summed E-state index contributed by atoms with van der Waals surface area (Å²) in [7, 11) is 0. The first kappa shape index (κ1) is 17.7. The molecule has 1 fully saturated rings. The number of rotatable bonds is 5. The number of carbonyl (C=O) groups excluding carboxylic acids is 1. The number of nitrogens with zero attached hydrogens (tertiary/aromatic N) is 4. The predicted octanol–water partition coefficient (Wildman–Crippen LogP) is 3.44. The molecular weight excluding hydrogens is 338 g/mol. The second-order valence-electron chi connectivity index (χ2n) is 7.76. The predicted molar refractivity (Wildman–Crippen MR) is 106 cm³/mol. The van der Waals surface area contributed by atoms with E-state index >= 15 is 0 Å². The molecule has 6 nitrogen and oxygen atoms in total. The molecule has 0 unspecified atom stereocenters. The number of fused-ring (bicyclic) bond motifs is 1. The number of nitrogens with one attached hydrogen (secondary N) is 1. The zero-order valence-electron chi connectivity index (χ0n) is 16.0. The number of anilines is 1. The second kappa shape index (κ2) is 7.12. The van der Waals surface area contributed by atoms with Crippen molar-refractivity contribution in [2.45, 2.75) is 27.3 Å². The van der Waals surface area contributed by atoms with Gasteiger partial charge in [0.2, 0.25) is 11.9 Å². The lowest BCUT2D eigenvalue weighted by atomic mass is 10.0. The third-order valence-corrected chi connectivity index (χ3v) is 4.91. The van der Waals surface area contributed by atoms with Crippen molar-refractivity contribution in [3.8, 4) is 11.3 Å². The summed E-state index contributed by atoms with van der Waals surface area (Å²) in [6, 6.07) is 14.5. The molecule has 1 aliphatic heterocycles. The van der Waals surface area contributed by atoms with Crippen LogP contribution in [0.3, 0.4) is 0 Å². The Morgan fingerprint density at radius 3 is 2.59 bits per heavy atom. The Morgan fingerprint density at radius 2 is 1.93 bits per heavy atom. The zero-order valence-corrected chi connectivity index (χ0v) is 16.0. The highest BCUT2D eigenvalue weighted by atomic mass is 16.2. The van der Waals surface area contributed by atoms with E-state index in [1.807, 2.05) is 32.0 Å². The Morgan fingerprint density at radius 1 is 1.19 bits per heavy atom. The van der Waals surface area contributed by atoms with Crippen LogP contribution in [-0.2, 0) is 11.3 Å².